The molecule has 0 aliphatic carbocycles. The number of carbonyl (C=O) groups excluding carboxylic acids is 3. The summed E-state index contributed by atoms with van der Waals surface area (Å²) in [5.74, 6) is -0.308. The highest BCUT2D eigenvalue weighted by atomic mass is 16.5. The van der Waals surface area contributed by atoms with Crippen molar-refractivity contribution in [3.63, 3.8) is 0 Å². The van der Waals surface area contributed by atoms with Crippen LogP contribution in [-0.2, 0) is 14.4 Å². The second kappa shape index (κ2) is 17.8. The molecule has 8 heteroatoms. The predicted molar refractivity (Wildman–Crippen MR) is 137 cm³/mol. The minimum absolute atomic E-state index is 0.0336. The zero-order valence-corrected chi connectivity index (χ0v) is 22.0. The molecule has 1 aliphatic rings. The van der Waals surface area contributed by atoms with Crippen LogP contribution in [0.25, 0.3) is 0 Å². The van der Waals surface area contributed by atoms with Gasteiger partial charge in [-0.15, -0.1) is 0 Å². The lowest BCUT2D eigenvalue weighted by Crippen LogP contribution is -2.44. The molecular weight excluding hydrogens is 446 g/mol. The molecule has 1 aliphatic heterocycles. The summed E-state index contributed by atoms with van der Waals surface area (Å²) in [7, 11) is 0. The molecule has 3 amide bonds. The van der Waals surface area contributed by atoms with Gasteiger partial charge in [-0.3, -0.25) is 19.6 Å². The van der Waals surface area contributed by atoms with Crippen molar-refractivity contribution in [2.45, 2.75) is 79.1 Å². The van der Waals surface area contributed by atoms with Gasteiger partial charge in [-0.1, -0.05) is 51.3 Å². The number of hydrogen-bond acceptors (Lipinski definition) is 5. The van der Waals surface area contributed by atoms with E-state index in [1.54, 1.807) is 10.4 Å². The molecule has 35 heavy (non-hydrogen) atoms. The van der Waals surface area contributed by atoms with Crippen LogP contribution in [0.5, 0.6) is 5.75 Å². The SMILES string of the molecule is CC(C)CC(CC(=O)NO)C(=O)NCC(=O)N1CCCCC1.CCCCCOc1ccc(C)cc1. The Balaban J connectivity index is 0.000000400. The molecule has 1 saturated heterocycles. The Morgan fingerprint density at radius 1 is 1.06 bits per heavy atom. The van der Waals surface area contributed by atoms with Gasteiger partial charge in [-0.25, -0.2) is 5.48 Å². The van der Waals surface area contributed by atoms with Crippen LogP contribution >= 0.6 is 0 Å². The number of carbonyl (C=O) groups is 3. The number of ether oxygens (including phenoxy) is 1. The summed E-state index contributed by atoms with van der Waals surface area (Å²) in [6.07, 6.45) is 7.25. The lowest BCUT2D eigenvalue weighted by Gasteiger charge is -2.27. The third-order valence-corrected chi connectivity index (χ3v) is 5.84. The van der Waals surface area contributed by atoms with E-state index in [4.69, 9.17) is 9.94 Å². The summed E-state index contributed by atoms with van der Waals surface area (Å²) in [4.78, 5) is 37.2. The van der Waals surface area contributed by atoms with Gasteiger partial charge in [0.25, 0.3) is 0 Å². The summed E-state index contributed by atoms with van der Waals surface area (Å²) in [5.41, 5.74) is 2.82. The quantitative estimate of drug-likeness (QED) is 0.230. The average Bonchev–Trinajstić information content (AvgIpc) is 2.86. The van der Waals surface area contributed by atoms with E-state index in [1.165, 1.54) is 18.4 Å². The third kappa shape index (κ3) is 13.8. The van der Waals surface area contributed by atoms with E-state index in [1.807, 2.05) is 26.0 Å². The molecule has 3 N–H and O–H groups in total. The van der Waals surface area contributed by atoms with E-state index < -0.39 is 11.8 Å². The number of likely N-dealkylation sites (tertiary alicyclic amines) is 1. The first-order valence-corrected chi connectivity index (χ1v) is 12.9. The van der Waals surface area contributed by atoms with Crippen LogP contribution in [0.3, 0.4) is 0 Å². The number of nitrogens with one attached hydrogen (secondary N) is 2. The van der Waals surface area contributed by atoms with Crippen LogP contribution in [0.1, 0.15) is 77.7 Å². The van der Waals surface area contributed by atoms with Crippen molar-refractivity contribution in [2.75, 3.05) is 26.2 Å². The molecular formula is C27H45N3O5. The topological polar surface area (TPSA) is 108 Å². The minimum atomic E-state index is -0.594. The third-order valence-electron chi connectivity index (χ3n) is 5.84. The van der Waals surface area contributed by atoms with Gasteiger partial charge in [-0.05, 0) is 57.1 Å². The van der Waals surface area contributed by atoms with Gasteiger partial charge < -0.3 is 15.0 Å². The zero-order chi connectivity index (χ0) is 26.1. The Kier molecular flexibility index (Phi) is 15.4. The van der Waals surface area contributed by atoms with Gasteiger partial charge in [0.2, 0.25) is 17.7 Å². The summed E-state index contributed by atoms with van der Waals surface area (Å²) in [5, 5.41) is 11.2. The van der Waals surface area contributed by atoms with Crippen LogP contribution in [-0.4, -0.2) is 54.1 Å². The molecule has 8 nitrogen and oxygen atoms in total. The minimum Gasteiger partial charge on any atom is -0.494 e. The first-order chi connectivity index (χ1) is 16.8. The molecule has 1 aromatic rings. The smallest absolute Gasteiger partial charge is 0.244 e. The molecule has 1 heterocycles. The van der Waals surface area contributed by atoms with Crippen LogP contribution in [0.4, 0.5) is 0 Å². The van der Waals surface area contributed by atoms with Crippen LogP contribution in [0.15, 0.2) is 24.3 Å². The van der Waals surface area contributed by atoms with E-state index in [0.29, 0.717) is 6.42 Å². The number of rotatable bonds is 12. The molecule has 0 aromatic heterocycles. The van der Waals surface area contributed by atoms with Crippen molar-refractivity contribution in [3.8, 4) is 5.75 Å². The molecule has 1 aromatic carbocycles. The highest BCUT2D eigenvalue weighted by Gasteiger charge is 2.24. The fraction of sp³-hybridized carbons (Fsp3) is 0.667. The number of unbranched alkanes of at least 4 members (excludes halogenated alkanes) is 2. The number of amides is 3. The number of piperidine rings is 1. The van der Waals surface area contributed by atoms with E-state index in [2.05, 4.69) is 31.3 Å². The average molecular weight is 492 g/mol. The fourth-order valence-corrected chi connectivity index (χ4v) is 3.86. The Morgan fingerprint density at radius 2 is 1.71 bits per heavy atom. The van der Waals surface area contributed by atoms with Crippen LogP contribution in [0, 0.1) is 18.8 Å². The predicted octanol–water partition coefficient (Wildman–Crippen LogP) is 4.24. The Bertz CT molecular complexity index is 746. The number of aryl methyl sites for hydroxylation is 1. The van der Waals surface area contributed by atoms with Gasteiger partial charge in [0, 0.05) is 25.4 Å². The number of nitrogens with zero attached hydrogens (tertiary/aromatic N) is 1. The normalized spacial score (nSPS) is 13.9. The van der Waals surface area contributed by atoms with Gasteiger partial charge in [-0.2, -0.15) is 0 Å². The second-order valence-electron chi connectivity index (χ2n) is 9.59. The summed E-state index contributed by atoms with van der Waals surface area (Å²) < 4.78 is 5.56. The molecule has 1 unspecified atom stereocenters. The Morgan fingerprint density at radius 3 is 2.29 bits per heavy atom. The molecule has 1 fully saturated rings. The van der Waals surface area contributed by atoms with Crippen molar-refractivity contribution in [1.29, 1.82) is 0 Å². The van der Waals surface area contributed by atoms with E-state index in [-0.39, 0.29) is 30.7 Å². The van der Waals surface area contributed by atoms with E-state index >= 15 is 0 Å². The van der Waals surface area contributed by atoms with Crippen molar-refractivity contribution in [3.05, 3.63) is 29.8 Å². The molecule has 2 rings (SSSR count). The monoisotopic (exact) mass is 491 g/mol. The highest BCUT2D eigenvalue weighted by molar-refractivity contribution is 5.88. The zero-order valence-electron chi connectivity index (χ0n) is 22.0. The molecule has 0 bridgehead atoms. The summed E-state index contributed by atoms with van der Waals surface area (Å²) in [6.45, 7) is 10.5. The van der Waals surface area contributed by atoms with Crippen molar-refractivity contribution < 1.29 is 24.3 Å². The number of hydroxylamine groups is 1. The lowest BCUT2D eigenvalue weighted by molar-refractivity contribution is -0.137. The van der Waals surface area contributed by atoms with Crippen molar-refractivity contribution in [2.24, 2.45) is 11.8 Å². The van der Waals surface area contributed by atoms with Gasteiger partial charge in [0.15, 0.2) is 0 Å². The van der Waals surface area contributed by atoms with E-state index in [9.17, 15) is 14.4 Å². The summed E-state index contributed by atoms with van der Waals surface area (Å²) >= 11 is 0. The maximum atomic E-state index is 12.2. The van der Waals surface area contributed by atoms with Crippen molar-refractivity contribution >= 4 is 17.7 Å². The van der Waals surface area contributed by atoms with Crippen LogP contribution < -0.4 is 15.5 Å². The molecule has 0 spiro atoms. The highest BCUT2D eigenvalue weighted by Crippen LogP contribution is 2.16. The molecule has 198 valence electrons. The number of benzene rings is 1. The van der Waals surface area contributed by atoms with E-state index in [0.717, 1.165) is 51.1 Å². The standard InChI is InChI=1S/C15H27N3O4.C12H18O/c1-11(2)8-12(9-13(19)17-22)15(21)16-10-14(20)18-6-4-3-5-7-18;1-3-4-5-10-13-12-8-6-11(2)7-9-12/h11-12,22H,3-10H2,1-2H3,(H,16,21)(H,17,19);6-9H,3-5,10H2,1-2H3. The maximum absolute atomic E-state index is 12.2. The molecule has 1 atom stereocenters. The van der Waals surface area contributed by atoms with Gasteiger partial charge >= 0.3 is 0 Å². The molecule has 0 saturated carbocycles. The number of hydrogen-bond donors (Lipinski definition) is 3. The van der Waals surface area contributed by atoms with Gasteiger partial charge in [0.1, 0.15) is 5.75 Å². The second-order valence-corrected chi connectivity index (χ2v) is 9.59. The first kappa shape index (κ1) is 30.4. The largest absolute Gasteiger partial charge is 0.494 e. The summed E-state index contributed by atoms with van der Waals surface area (Å²) in [6, 6.07) is 8.22. The first-order valence-electron chi connectivity index (χ1n) is 12.9. The molecule has 0 radical (unpaired) electrons. The Labute approximate surface area is 210 Å². The van der Waals surface area contributed by atoms with Gasteiger partial charge in [0.05, 0.1) is 13.2 Å². The lowest BCUT2D eigenvalue weighted by atomic mass is 9.93. The van der Waals surface area contributed by atoms with Crippen LogP contribution in [0.2, 0.25) is 0 Å². The fourth-order valence-electron chi connectivity index (χ4n) is 3.86. The Hall–Kier alpha value is -2.61. The van der Waals surface area contributed by atoms with Crippen molar-refractivity contribution in [1.82, 2.24) is 15.7 Å². The maximum Gasteiger partial charge on any atom is 0.244 e.